The lowest BCUT2D eigenvalue weighted by Gasteiger charge is -2.36. The van der Waals surface area contributed by atoms with Crippen molar-refractivity contribution in [1.82, 2.24) is 10.1 Å². The Balaban J connectivity index is 1.48. The largest absolute Gasteiger partial charge is 0.457 e. The van der Waals surface area contributed by atoms with Gasteiger partial charge in [0.2, 0.25) is 5.82 Å². The summed E-state index contributed by atoms with van der Waals surface area (Å²) in [7, 11) is 0. The highest BCUT2D eigenvalue weighted by Crippen LogP contribution is 2.40. The highest BCUT2D eigenvalue weighted by Gasteiger charge is 2.33. The number of esters is 1. The Bertz CT molecular complexity index is 665. The van der Waals surface area contributed by atoms with E-state index in [1.165, 1.54) is 0 Å². The lowest BCUT2D eigenvalue weighted by molar-refractivity contribution is -0.152. The van der Waals surface area contributed by atoms with Crippen LogP contribution in [0.25, 0.3) is 11.5 Å². The molecule has 1 fully saturated rings. The van der Waals surface area contributed by atoms with Crippen LogP contribution in [0.1, 0.15) is 52.3 Å². The van der Waals surface area contributed by atoms with Crippen LogP contribution in [0.3, 0.4) is 0 Å². The second-order valence-electron chi connectivity index (χ2n) is 7.55. The van der Waals surface area contributed by atoms with Gasteiger partial charge in [-0.3, -0.25) is 4.79 Å². The van der Waals surface area contributed by atoms with Crippen LogP contribution in [0.4, 0.5) is 0 Å². The standard InChI is InChI=1S/C18H24N2O3S/c1-18(2,3)14-6-4-12(5-7-14)17(21)22-10-15-19-16(23-20-15)13-8-9-24-11-13/h8-9,11-12,14H,4-7,10H2,1-3H3. The first kappa shape index (κ1) is 17.1. The van der Waals surface area contributed by atoms with Crippen molar-refractivity contribution in [3.05, 3.63) is 22.7 Å². The van der Waals surface area contributed by atoms with E-state index in [1.54, 1.807) is 11.3 Å². The molecule has 0 aliphatic heterocycles. The minimum atomic E-state index is -0.135. The van der Waals surface area contributed by atoms with Crippen molar-refractivity contribution in [1.29, 1.82) is 0 Å². The van der Waals surface area contributed by atoms with E-state index in [4.69, 9.17) is 9.26 Å². The average molecular weight is 348 g/mol. The van der Waals surface area contributed by atoms with Gasteiger partial charge in [-0.1, -0.05) is 25.9 Å². The molecule has 0 aromatic carbocycles. The molecule has 0 saturated heterocycles. The van der Waals surface area contributed by atoms with E-state index in [0.29, 0.717) is 23.0 Å². The molecule has 2 aromatic rings. The summed E-state index contributed by atoms with van der Waals surface area (Å²) in [5.41, 5.74) is 1.21. The maximum atomic E-state index is 12.3. The summed E-state index contributed by atoms with van der Waals surface area (Å²) in [5.74, 6) is 1.43. The fourth-order valence-corrected chi connectivity index (χ4v) is 3.89. The Kier molecular flexibility index (Phi) is 5.04. The number of hydrogen-bond acceptors (Lipinski definition) is 6. The van der Waals surface area contributed by atoms with Gasteiger partial charge < -0.3 is 9.26 Å². The summed E-state index contributed by atoms with van der Waals surface area (Å²) in [4.78, 5) is 16.5. The molecular weight excluding hydrogens is 324 g/mol. The minimum absolute atomic E-state index is 0.00634. The summed E-state index contributed by atoms with van der Waals surface area (Å²) in [6.45, 7) is 6.90. The first-order valence-corrected chi connectivity index (χ1v) is 9.39. The Morgan fingerprint density at radius 2 is 2.08 bits per heavy atom. The summed E-state index contributed by atoms with van der Waals surface area (Å²) in [5, 5.41) is 7.77. The zero-order chi connectivity index (χ0) is 17.2. The van der Waals surface area contributed by atoms with E-state index < -0.39 is 0 Å². The molecule has 0 amide bonds. The van der Waals surface area contributed by atoms with Crippen molar-refractivity contribution in [2.45, 2.75) is 53.1 Å². The Morgan fingerprint density at radius 1 is 1.33 bits per heavy atom. The Labute approximate surface area is 146 Å². The number of rotatable bonds is 4. The fourth-order valence-electron chi connectivity index (χ4n) is 3.26. The Morgan fingerprint density at radius 3 is 2.71 bits per heavy atom. The monoisotopic (exact) mass is 348 g/mol. The van der Waals surface area contributed by atoms with Gasteiger partial charge in [0.15, 0.2) is 6.61 Å². The molecule has 1 saturated carbocycles. The van der Waals surface area contributed by atoms with Crippen molar-refractivity contribution in [2.75, 3.05) is 0 Å². The number of aromatic nitrogens is 2. The van der Waals surface area contributed by atoms with E-state index in [9.17, 15) is 4.79 Å². The maximum Gasteiger partial charge on any atom is 0.309 e. The van der Waals surface area contributed by atoms with Crippen LogP contribution in [-0.2, 0) is 16.1 Å². The topological polar surface area (TPSA) is 65.2 Å². The number of carbonyl (C=O) groups excluding carboxylic acids is 1. The van der Waals surface area contributed by atoms with E-state index in [0.717, 1.165) is 31.2 Å². The van der Waals surface area contributed by atoms with Gasteiger partial charge in [-0.25, -0.2) is 0 Å². The molecule has 5 nitrogen and oxygen atoms in total. The molecule has 6 heteroatoms. The second kappa shape index (κ2) is 7.05. The summed E-state index contributed by atoms with van der Waals surface area (Å²) in [6.07, 6.45) is 4.00. The number of carbonyl (C=O) groups is 1. The molecule has 0 N–H and O–H groups in total. The molecule has 1 aliphatic rings. The predicted octanol–water partition coefficient (Wildman–Crippen LogP) is 4.69. The van der Waals surface area contributed by atoms with Crippen LogP contribution in [0.15, 0.2) is 21.3 Å². The van der Waals surface area contributed by atoms with Crippen molar-refractivity contribution >= 4 is 17.3 Å². The SMILES string of the molecule is CC(C)(C)C1CCC(C(=O)OCc2noc(-c3ccsc3)n2)CC1. The quantitative estimate of drug-likeness (QED) is 0.750. The van der Waals surface area contributed by atoms with Crippen LogP contribution in [-0.4, -0.2) is 16.1 Å². The molecule has 0 radical (unpaired) electrons. The first-order valence-electron chi connectivity index (χ1n) is 8.45. The lowest BCUT2D eigenvalue weighted by atomic mass is 9.70. The van der Waals surface area contributed by atoms with Crippen LogP contribution < -0.4 is 0 Å². The number of hydrogen-bond donors (Lipinski definition) is 0. The van der Waals surface area contributed by atoms with Crippen molar-refractivity contribution in [2.24, 2.45) is 17.3 Å². The van der Waals surface area contributed by atoms with E-state index in [2.05, 4.69) is 30.9 Å². The first-order chi connectivity index (χ1) is 11.4. The third-order valence-corrected chi connectivity index (χ3v) is 5.55. The molecule has 0 unspecified atom stereocenters. The smallest absolute Gasteiger partial charge is 0.309 e. The highest BCUT2D eigenvalue weighted by molar-refractivity contribution is 7.08. The lowest BCUT2D eigenvalue weighted by Crippen LogP contribution is -2.29. The molecule has 130 valence electrons. The molecule has 2 heterocycles. The molecule has 1 aliphatic carbocycles. The van der Waals surface area contributed by atoms with Gasteiger partial charge >= 0.3 is 5.97 Å². The van der Waals surface area contributed by atoms with Crippen LogP contribution in [0.5, 0.6) is 0 Å². The summed E-state index contributed by atoms with van der Waals surface area (Å²) >= 11 is 1.57. The predicted molar refractivity (Wildman–Crippen MR) is 92.3 cm³/mol. The second-order valence-corrected chi connectivity index (χ2v) is 8.33. The molecule has 2 aromatic heterocycles. The van der Waals surface area contributed by atoms with E-state index >= 15 is 0 Å². The van der Waals surface area contributed by atoms with Gasteiger partial charge in [0.05, 0.1) is 11.5 Å². The van der Waals surface area contributed by atoms with Gasteiger partial charge in [0.25, 0.3) is 5.89 Å². The van der Waals surface area contributed by atoms with Gasteiger partial charge in [-0.2, -0.15) is 16.3 Å². The third kappa shape index (κ3) is 4.04. The summed E-state index contributed by atoms with van der Waals surface area (Å²) in [6, 6.07) is 1.92. The van der Waals surface area contributed by atoms with Crippen molar-refractivity contribution in [3.8, 4) is 11.5 Å². The third-order valence-electron chi connectivity index (χ3n) is 4.87. The van der Waals surface area contributed by atoms with Gasteiger partial charge in [0, 0.05) is 5.38 Å². The number of thiophene rings is 1. The zero-order valence-corrected chi connectivity index (χ0v) is 15.3. The zero-order valence-electron chi connectivity index (χ0n) is 14.4. The van der Waals surface area contributed by atoms with Gasteiger partial charge in [-0.15, -0.1) is 0 Å². The molecular formula is C18H24N2O3S. The molecule has 0 spiro atoms. The number of ether oxygens (including phenoxy) is 1. The average Bonchev–Trinajstić information content (AvgIpc) is 3.23. The Hall–Kier alpha value is -1.69. The summed E-state index contributed by atoms with van der Waals surface area (Å²) < 4.78 is 10.6. The maximum absolute atomic E-state index is 12.3. The molecule has 3 rings (SSSR count). The van der Waals surface area contributed by atoms with E-state index in [1.807, 2.05) is 16.8 Å². The van der Waals surface area contributed by atoms with Crippen LogP contribution in [0, 0.1) is 17.3 Å². The minimum Gasteiger partial charge on any atom is -0.457 e. The van der Waals surface area contributed by atoms with Gasteiger partial charge in [0.1, 0.15) is 0 Å². The molecule has 24 heavy (non-hydrogen) atoms. The van der Waals surface area contributed by atoms with Gasteiger partial charge in [-0.05, 0) is 48.5 Å². The highest BCUT2D eigenvalue weighted by atomic mass is 32.1. The van der Waals surface area contributed by atoms with Crippen molar-refractivity contribution < 1.29 is 14.1 Å². The van der Waals surface area contributed by atoms with Crippen LogP contribution in [0.2, 0.25) is 0 Å². The number of nitrogens with zero attached hydrogens (tertiary/aromatic N) is 2. The van der Waals surface area contributed by atoms with Crippen LogP contribution >= 0.6 is 11.3 Å². The molecule has 0 atom stereocenters. The van der Waals surface area contributed by atoms with E-state index in [-0.39, 0.29) is 18.5 Å². The fraction of sp³-hybridized carbons (Fsp3) is 0.611. The normalized spacial score (nSPS) is 21.6. The molecule has 0 bridgehead atoms. The van der Waals surface area contributed by atoms with Crippen molar-refractivity contribution in [3.63, 3.8) is 0 Å².